The van der Waals surface area contributed by atoms with Crippen LogP contribution in [0.5, 0.6) is 0 Å². The Labute approximate surface area is 128 Å². The maximum absolute atomic E-state index is 12.5. The van der Waals surface area contributed by atoms with E-state index in [1.807, 2.05) is 0 Å². The standard InChI is InChI=1S/C18H30N2O/c1-16-5-12-6-17(2,9-16)11-18(7-12,10-16)8-15(21)20-14-3-13(19)4-14/h12-14H,3-11,19H2,1-2H3,(H,20,21). The van der Waals surface area contributed by atoms with Gasteiger partial charge in [-0.25, -0.2) is 0 Å². The Morgan fingerprint density at radius 2 is 1.71 bits per heavy atom. The van der Waals surface area contributed by atoms with E-state index in [0.29, 0.717) is 34.2 Å². The minimum atomic E-state index is 0.293. The lowest BCUT2D eigenvalue weighted by Gasteiger charge is -2.65. The number of nitrogens with two attached hydrogens (primary N) is 1. The number of rotatable bonds is 3. The fourth-order valence-corrected chi connectivity index (χ4v) is 7.28. The third-order valence-corrected chi connectivity index (χ3v) is 6.82. The van der Waals surface area contributed by atoms with E-state index in [4.69, 9.17) is 5.73 Å². The first-order valence-electron chi connectivity index (χ1n) is 8.82. The highest BCUT2D eigenvalue weighted by molar-refractivity contribution is 5.77. The van der Waals surface area contributed by atoms with E-state index >= 15 is 0 Å². The van der Waals surface area contributed by atoms with Gasteiger partial charge < -0.3 is 11.1 Å². The molecule has 0 aromatic heterocycles. The normalized spacial score (nSPS) is 54.3. The Morgan fingerprint density at radius 3 is 2.24 bits per heavy atom. The SMILES string of the molecule is CC12CC3CC(C)(C1)CC(CC(=O)NC1CC(N)C1)(C3)C2. The second-order valence-corrected chi connectivity index (χ2v) is 9.80. The molecule has 1 amide bonds. The summed E-state index contributed by atoms with van der Waals surface area (Å²) in [6.45, 7) is 4.96. The fourth-order valence-electron chi connectivity index (χ4n) is 7.28. The topological polar surface area (TPSA) is 55.1 Å². The average Bonchev–Trinajstić information content (AvgIpc) is 2.20. The molecule has 3 nitrogen and oxygen atoms in total. The van der Waals surface area contributed by atoms with Crippen molar-refractivity contribution in [2.75, 3.05) is 0 Å². The summed E-state index contributed by atoms with van der Waals surface area (Å²) in [4.78, 5) is 12.5. The molecule has 3 N–H and O–H groups in total. The highest BCUT2D eigenvalue weighted by Gasteiger charge is 2.60. The van der Waals surface area contributed by atoms with Gasteiger partial charge in [-0.05, 0) is 73.5 Å². The van der Waals surface area contributed by atoms with Crippen molar-refractivity contribution < 1.29 is 4.79 Å². The zero-order valence-corrected chi connectivity index (χ0v) is 13.6. The molecule has 2 atom stereocenters. The smallest absolute Gasteiger partial charge is 0.220 e. The lowest BCUT2D eigenvalue weighted by Crippen LogP contribution is -2.57. The third-order valence-electron chi connectivity index (χ3n) is 6.82. The molecule has 0 spiro atoms. The molecule has 5 aliphatic carbocycles. The second-order valence-electron chi connectivity index (χ2n) is 9.80. The van der Waals surface area contributed by atoms with Gasteiger partial charge in [0.2, 0.25) is 5.91 Å². The van der Waals surface area contributed by atoms with Crippen molar-refractivity contribution in [2.24, 2.45) is 27.9 Å². The van der Waals surface area contributed by atoms with Crippen LogP contribution in [0.3, 0.4) is 0 Å². The van der Waals surface area contributed by atoms with Crippen molar-refractivity contribution in [3.63, 3.8) is 0 Å². The van der Waals surface area contributed by atoms with Crippen LogP contribution in [0.4, 0.5) is 0 Å². The van der Waals surface area contributed by atoms with Gasteiger partial charge in [-0.3, -0.25) is 4.79 Å². The van der Waals surface area contributed by atoms with Crippen molar-refractivity contribution in [1.29, 1.82) is 0 Å². The Bertz CT molecular complexity index is 450. The molecule has 21 heavy (non-hydrogen) atoms. The molecule has 0 aromatic carbocycles. The van der Waals surface area contributed by atoms with Crippen molar-refractivity contribution in [2.45, 2.75) is 83.7 Å². The van der Waals surface area contributed by atoms with Crippen LogP contribution in [-0.4, -0.2) is 18.0 Å². The summed E-state index contributed by atoms with van der Waals surface area (Å²) in [5, 5.41) is 3.23. The van der Waals surface area contributed by atoms with E-state index in [1.54, 1.807) is 0 Å². The van der Waals surface area contributed by atoms with Gasteiger partial charge in [0.1, 0.15) is 0 Å². The van der Waals surface area contributed by atoms with Gasteiger partial charge in [0.15, 0.2) is 0 Å². The molecule has 0 saturated heterocycles. The first kappa shape index (κ1) is 14.0. The predicted molar refractivity (Wildman–Crippen MR) is 83.6 cm³/mol. The van der Waals surface area contributed by atoms with Crippen LogP contribution < -0.4 is 11.1 Å². The molecule has 0 aliphatic heterocycles. The van der Waals surface area contributed by atoms with Crippen LogP contribution in [0, 0.1) is 22.2 Å². The Morgan fingerprint density at radius 1 is 1.10 bits per heavy atom. The monoisotopic (exact) mass is 290 g/mol. The number of carbonyl (C=O) groups is 1. The van der Waals surface area contributed by atoms with E-state index in [1.165, 1.54) is 38.5 Å². The largest absolute Gasteiger partial charge is 0.353 e. The van der Waals surface area contributed by atoms with Crippen LogP contribution in [0.1, 0.15) is 71.6 Å². The van der Waals surface area contributed by atoms with E-state index < -0.39 is 0 Å². The molecule has 0 radical (unpaired) electrons. The molecule has 118 valence electrons. The molecule has 3 heteroatoms. The Kier molecular flexibility index (Phi) is 2.84. The Hall–Kier alpha value is -0.570. The number of hydrogen-bond acceptors (Lipinski definition) is 2. The summed E-state index contributed by atoms with van der Waals surface area (Å²) in [7, 11) is 0. The van der Waals surface area contributed by atoms with Crippen LogP contribution in [-0.2, 0) is 4.79 Å². The lowest BCUT2D eigenvalue weighted by atomic mass is 9.40. The molecule has 5 saturated carbocycles. The van der Waals surface area contributed by atoms with Crippen LogP contribution in [0.2, 0.25) is 0 Å². The van der Waals surface area contributed by atoms with Crippen LogP contribution in [0.25, 0.3) is 0 Å². The molecule has 5 rings (SSSR count). The van der Waals surface area contributed by atoms with Gasteiger partial charge in [-0.2, -0.15) is 0 Å². The molecule has 2 unspecified atom stereocenters. The minimum Gasteiger partial charge on any atom is -0.353 e. The summed E-state index contributed by atoms with van der Waals surface area (Å²) in [5.41, 5.74) is 7.13. The highest BCUT2D eigenvalue weighted by atomic mass is 16.1. The molecule has 5 aliphatic rings. The third kappa shape index (κ3) is 2.42. The molecule has 4 bridgehead atoms. The van der Waals surface area contributed by atoms with Crippen molar-refractivity contribution in [3.05, 3.63) is 0 Å². The van der Waals surface area contributed by atoms with Gasteiger partial charge in [-0.1, -0.05) is 13.8 Å². The van der Waals surface area contributed by atoms with Gasteiger partial charge in [0.05, 0.1) is 0 Å². The first-order chi connectivity index (χ1) is 9.77. The van der Waals surface area contributed by atoms with E-state index in [2.05, 4.69) is 19.2 Å². The van der Waals surface area contributed by atoms with E-state index in [9.17, 15) is 4.79 Å². The number of carbonyl (C=O) groups excluding carboxylic acids is 1. The Balaban J connectivity index is 1.45. The zero-order valence-electron chi connectivity index (χ0n) is 13.6. The van der Waals surface area contributed by atoms with Gasteiger partial charge in [0.25, 0.3) is 0 Å². The summed E-state index contributed by atoms with van der Waals surface area (Å²) >= 11 is 0. The van der Waals surface area contributed by atoms with Crippen molar-refractivity contribution in [1.82, 2.24) is 5.32 Å². The number of amides is 1. The summed E-state index contributed by atoms with van der Waals surface area (Å²) in [6, 6.07) is 0.667. The maximum atomic E-state index is 12.5. The second kappa shape index (κ2) is 4.24. The minimum absolute atomic E-state index is 0.293. The average molecular weight is 290 g/mol. The van der Waals surface area contributed by atoms with Crippen molar-refractivity contribution >= 4 is 5.91 Å². The molecule has 0 aromatic rings. The molecule has 0 heterocycles. The summed E-state index contributed by atoms with van der Waals surface area (Å²) in [5.74, 6) is 1.17. The summed E-state index contributed by atoms with van der Waals surface area (Å²) < 4.78 is 0. The zero-order chi connectivity index (χ0) is 14.9. The highest BCUT2D eigenvalue weighted by Crippen LogP contribution is 2.70. The predicted octanol–water partition coefficient (Wildman–Crippen LogP) is 2.98. The fraction of sp³-hybridized carbons (Fsp3) is 0.944. The van der Waals surface area contributed by atoms with Crippen LogP contribution >= 0.6 is 0 Å². The number of nitrogens with one attached hydrogen (secondary N) is 1. The maximum Gasteiger partial charge on any atom is 0.220 e. The number of hydrogen-bond donors (Lipinski definition) is 2. The van der Waals surface area contributed by atoms with Crippen molar-refractivity contribution in [3.8, 4) is 0 Å². The van der Waals surface area contributed by atoms with Gasteiger partial charge in [0, 0.05) is 18.5 Å². The van der Waals surface area contributed by atoms with Crippen LogP contribution in [0.15, 0.2) is 0 Å². The van der Waals surface area contributed by atoms with E-state index in [-0.39, 0.29) is 0 Å². The first-order valence-corrected chi connectivity index (χ1v) is 8.82. The van der Waals surface area contributed by atoms with Gasteiger partial charge >= 0.3 is 0 Å². The molecule has 5 fully saturated rings. The van der Waals surface area contributed by atoms with E-state index in [0.717, 1.165) is 25.2 Å². The van der Waals surface area contributed by atoms with Gasteiger partial charge in [-0.15, -0.1) is 0 Å². The molecular formula is C18H30N2O. The summed E-state index contributed by atoms with van der Waals surface area (Å²) in [6.07, 6.45) is 10.8. The lowest BCUT2D eigenvalue weighted by molar-refractivity contribution is -0.156. The molecular weight excluding hydrogens is 260 g/mol. The quantitative estimate of drug-likeness (QED) is 0.839.